The summed E-state index contributed by atoms with van der Waals surface area (Å²) in [6.45, 7) is 7.73. The van der Waals surface area contributed by atoms with Gasteiger partial charge in [0.25, 0.3) is 0 Å². The van der Waals surface area contributed by atoms with Crippen LogP contribution in [0.4, 0.5) is 11.5 Å². The molecule has 1 aromatic rings. The van der Waals surface area contributed by atoms with Crippen LogP contribution in [-0.2, 0) is 0 Å². The van der Waals surface area contributed by atoms with E-state index >= 15 is 0 Å². The monoisotopic (exact) mass is 318 g/mol. The summed E-state index contributed by atoms with van der Waals surface area (Å²) in [5.41, 5.74) is 0.844. The number of pyridine rings is 1. The molecule has 0 N–H and O–H groups in total. The van der Waals surface area contributed by atoms with Gasteiger partial charge in [-0.15, -0.1) is 0 Å². The van der Waals surface area contributed by atoms with Crippen molar-refractivity contribution in [3.05, 3.63) is 27.9 Å². The second kappa shape index (κ2) is 6.83. The van der Waals surface area contributed by atoms with Crippen molar-refractivity contribution >= 4 is 11.5 Å². The molecule has 0 unspecified atom stereocenters. The van der Waals surface area contributed by atoms with Gasteiger partial charge < -0.3 is 4.90 Å². The van der Waals surface area contributed by atoms with E-state index in [4.69, 9.17) is 0 Å². The first-order valence-corrected chi connectivity index (χ1v) is 8.65. The fourth-order valence-electron chi connectivity index (χ4n) is 3.90. The van der Waals surface area contributed by atoms with E-state index in [9.17, 15) is 10.1 Å². The van der Waals surface area contributed by atoms with Crippen LogP contribution < -0.4 is 4.90 Å². The normalized spacial score (nSPS) is 26.3. The maximum Gasteiger partial charge on any atom is 0.314 e. The molecule has 1 saturated heterocycles. The molecule has 0 aromatic carbocycles. The number of aryl methyl sites for hydroxylation is 1. The van der Waals surface area contributed by atoms with Gasteiger partial charge in [0.1, 0.15) is 0 Å². The van der Waals surface area contributed by atoms with Crippen molar-refractivity contribution in [3.63, 3.8) is 0 Å². The van der Waals surface area contributed by atoms with E-state index < -0.39 is 0 Å². The van der Waals surface area contributed by atoms with Crippen molar-refractivity contribution in [2.75, 3.05) is 31.1 Å². The van der Waals surface area contributed by atoms with Crippen LogP contribution in [0.25, 0.3) is 0 Å². The highest BCUT2D eigenvalue weighted by Gasteiger charge is 2.30. The van der Waals surface area contributed by atoms with Crippen LogP contribution in [0.2, 0.25) is 0 Å². The summed E-state index contributed by atoms with van der Waals surface area (Å²) < 4.78 is 0. The summed E-state index contributed by atoms with van der Waals surface area (Å²) in [6, 6.07) is 2.41. The van der Waals surface area contributed by atoms with Gasteiger partial charge in [0.05, 0.1) is 4.92 Å². The predicted octanol–water partition coefficient (Wildman–Crippen LogP) is 3.00. The van der Waals surface area contributed by atoms with Gasteiger partial charge in [-0.3, -0.25) is 15.0 Å². The Kier molecular flexibility index (Phi) is 4.80. The molecule has 0 radical (unpaired) electrons. The standard InChI is InChI=1S/C17H26N4O2/c1-13-3-5-15(6-4-13)19-9-11-20(12-10-19)17-16(21(22)23)14(2)7-8-18-17/h7-8,13,15H,3-6,9-12H2,1-2H3. The van der Waals surface area contributed by atoms with Crippen LogP contribution in [0.3, 0.4) is 0 Å². The number of hydrogen-bond acceptors (Lipinski definition) is 5. The van der Waals surface area contributed by atoms with E-state index in [2.05, 4.69) is 21.7 Å². The van der Waals surface area contributed by atoms with Crippen molar-refractivity contribution in [2.45, 2.75) is 45.6 Å². The molecule has 2 aliphatic rings. The summed E-state index contributed by atoms with van der Waals surface area (Å²) in [6.07, 6.45) is 6.92. The van der Waals surface area contributed by atoms with E-state index in [0.29, 0.717) is 17.4 Å². The number of aromatic nitrogens is 1. The number of nitro groups is 1. The Balaban J connectivity index is 1.65. The van der Waals surface area contributed by atoms with Crippen molar-refractivity contribution in [3.8, 4) is 0 Å². The number of hydrogen-bond donors (Lipinski definition) is 0. The molecule has 2 heterocycles. The molecule has 0 amide bonds. The van der Waals surface area contributed by atoms with Crippen molar-refractivity contribution in [2.24, 2.45) is 5.92 Å². The van der Waals surface area contributed by atoms with Gasteiger partial charge in [-0.1, -0.05) is 6.92 Å². The Hall–Kier alpha value is -1.69. The van der Waals surface area contributed by atoms with E-state index in [1.165, 1.54) is 25.7 Å². The lowest BCUT2D eigenvalue weighted by molar-refractivity contribution is -0.384. The molecular weight excluding hydrogens is 292 g/mol. The molecule has 1 aliphatic carbocycles. The zero-order chi connectivity index (χ0) is 16.4. The van der Waals surface area contributed by atoms with Crippen molar-refractivity contribution < 1.29 is 4.92 Å². The SMILES string of the molecule is Cc1ccnc(N2CCN(C3CCC(C)CC3)CC2)c1[N+](=O)[O-]. The second-order valence-electron chi connectivity index (χ2n) is 6.99. The van der Waals surface area contributed by atoms with E-state index in [0.717, 1.165) is 32.1 Å². The highest BCUT2D eigenvalue weighted by molar-refractivity contribution is 5.61. The van der Waals surface area contributed by atoms with Crippen molar-refractivity contribution in [1.82, 2.24) is 9.88 Å². The second-order valence-corrected chi connectivity index (χ2v) is 6.99. The molecule has 1 aliphatic heterocycles. The zero-order valence-electron chi connectivity index (χ0n) is 14.1. The molecule has 6 heteroatoms. The van der Waals surface area contributed by atoms with Gasteiger partial charge in [-0.2, -0.15) is 0 Å². The first-order valence-electron chi connectivity index (χ1n) is 8.65. The number of nitrogens with zero attached hydrogens (tertiary/aromatic N) is 4. The average Bonchev–Trinajstić information content (AvgIpc) is 2.55. The van der Waals surface area contributed by atoms with Crippen molar-refractivity contribution in [1.29, 1.82) is 0 Å². The third-order valence-electron chi connectivity index (χ3n) is 5.40. The van der Waals surface area contributed by atoms with E-state index in [1.807, 2.05) is 0 Å². The minimum Gasteiger partial charge on any atom is -0.348 e. The first kappa shape index (κ1) is 16.2. The maximum atomic E-state index is 11.4. The molecule has 0 bridgehead atoms. The Bertz CT molecular complexity index is 562. The summed E-state index contributed by atoms with van der Waals surface area (Å²) >= 11 is 0. The molecule has 23 heavy (non-hydrogen) atoms. The van der Waals surface area contributed by atoms with Crippen LogP contribution >= 0.6 is 0 Å². The third-order valence-corrected chi connectivity index (χ3v) is 5.40. The summed E-state index contributed by atoms with van der Waals surface area (Å²) in [5, 5.41) is 11.4. The first-order chi connectivity index (χ1) is 11.1. The Morgan fingerprint density at radius 3 is 2.43 bits per heavy atom. The lowest BCUT2D eigenvalue weighted by Gasteiger charge is -2.41. The average molecular weight is 318 g/mol. The maximum absolute atomic E-state index is 11.4. The van der Waals surface area contributed by atoms with Gasteiger partial charge in [0, 0.05) is 44.0 Å². The third kappa shape index (κ3) is 3.47. The Morgan fingerprint density at radius 1 is 1.17 bits per heavy atom. The number of rotatable bonds is 3. The fraction of sp³-hybridized carbons (Fsp3) is 0.706. The molecule has 0 spiro atoms. The molecule has 6 nitrogen and oxygen atoms in total. The van der Waals surface area contributed by atoms with Gasteiger partial charge in [-0.25, -0.2) is 4.98 Å². The molecule has 126 valence electrons. The number of piperazine rings is 1. The summed E-state index contributed by atoms with van der Waals surface area (Å²) in [5.74, 6) is 1.40. The predicted molar refractivity (Wildman–Crippen MR) is 90.8 cm³/mol. The quantitative estimate of drug-likeness (QED) is 0.633. The van der Waals surface area contributed by atoms with Gasteiger partial charge in [0.15, 0.2) is 0 Å². The van der Waals surface area contributed by atoms with Crippen LogP contribution in [0.1, 0.15) is 38.2 Å². The van der Waals surface area contributed by atoms with Gasteiger partial charge in [0.2, 0.25) is 5.82 Å². The molecular formula is C17H26N4O2. The highest BCUT2D eigenvalue weighted by Crippen LogP contribution is 2.31. The van der Waals surface area contributed by atoms with Crippen LogP contribution in [-0.4, -0.2) is 47.0 Å². The van der Waals surface area contributed by atoms with Crippen LogP contribution in [0.15, 0.2) is 12.3 Å². The Morgan fingerprint density at radius 2 is 1.83 bits per heavy atom. The highest BCUT2D eigenvalue weighted by atomic mass is 16.6. The van der Waals surface area contributed by atoms with Crippen LogP contribution in [0, 0.1) is 23.0 Å². The van der Waals surface area contributed by atoms with E-state index in [-0.39, 0.29) is 10.6 Å². The van der Waals surface area contributed by atoms with Crippen LogP contribution in [0.5, 0.6) is 0 Å². The summed E-state index contributed by atoms with van der Waals surface area (Å²) in [4.78, 5) is 20.0. The number of anilines is 1. The Labute approximate surface area is 137 Å². The molecule has 2 fully saturated rings. The summed E-state index contributed by atoms with van der Waals surface area (Å²) in [7, 11) is 0. The largest absolute Gasteiger partial charge is 0.348 e. The minimum atomic E-state index is -0.299. The molecule has 0 atom stereocenters. The fourth-order valence-corrected chi connectivity index (χ4v) is 3.90. The van der Waals surface area contributed by atoms with E-state index in [1.54, 1.807) is 19.2 Å². The topological polar surface area (TPSA) is 62.5 Å². The molecule has 1 aromatic heterocycles. The lowest BCUT2D eigenvalue weighted by atomic mass is 9.86. The van der Waals surface area contributed by atoms with Gasteiger partial charge in [-0.05, 0) is 44.6 Å². The van der Waals surface area contributed by atoms with Gasteiger partial charge >= 0.3 is 5.69 Å². The lowest BCUT2D eigenvalue weighted by Crippen LogP contribution is -2.51. The molecule has 1 saturated carbocycles. The molecule has 3 rings (SSSR count). The minimum absolute atomic E-state index is 0.160. The smallest absolute Gasteiger partial charge is 0.314 e. The zero-order valence-corrected chi connectivity index (χ0v) is 14.1.